The fourth-order valence-electron chi connectivity index (χ4n) is 3.58. The minimum absolute atomic E-state index is 0.00894. The molecule has 0 radical (unpaired) electrons. The number of carbonyl (C=O) groups is 3. The van der Waals surface area contributed by atoms with Crippen LogP contribution < -0.4 is 15.0 Å². The third-order valence-electron chi connectivity index (χ3n) is 5.27. The van der Waals surface area contributed by atoms with E-state index in [-0.39, 0.29) is 23.9 Å². The summed E-state index contributed by atoms with van der Waals surface area (Å²) in [4.78, 5) is 38.5. The molecule has 174 valence electrons. The van der Waals surface area contributed by atoms with Crippen molar-refractivity contribution in [2.24, 2.45) is 0 Å². The zero-order valence-corrected chi connectivity index (χ0v) is 18.3. The lowest BCUT2D eigenvalue weighted by Crippen LogP contribution is -2.27. The number of rotatable bonds is 8. The number of carbonyl (C=O) groups excluding carboxylic acids is 3. The molecule has 1 aliphatic rings. The van der Waals surface area contributed by atoms with Gasteiger partial charge in [-0.25, -0.2) is 9.18 Å². The molecule has 1 aliphatic heterocycles. The molecule has 34 heavy (non-hydrogen) atoms. The zero-order valence-electron chi connectivity index (χ0n) is 18.3. The van der Waals surface area contributed by atoms with Crippen LogP contribution in [0.15, 0.2) is 72.8 Å². The molecule has 0 spiro atoms. The van der Waals surface area contributed by atoms with Gasteiger partial charge in [0.15, 0.2) is 6.61 Å². The summed E-state index contributed by atoms with van der Waals surface area (Å²) in [6.07, 6.45) is 1.25. The van der Waals surface area contributed by atoms with Crippen LogP contribution in [0.25, 0.3) is 0 Å². The maximum Gasteiger partial charge on any atom is 0.338 e. The summed E-state index contributed by atoms with van der Waals surface area (Å²) in [6, 6.07) is 19.3. The van der Waals surface area contributed by atoms with Gasteiger partial charge in [-0.1, -0.05) is 30.3 Å². The number of nitrogens with one attached hydrogen (secondary N) is 1. The Hall–Kier alpha value is -4.20. The summed E-state index contributed by atoms with van der Waals surface area (Å²) < 4.78 is 23.8. The number of anilines is 2. The van der Waals surface area contributed by atoms with Gasteiger partial charge in [0.2, 0.25) is 5.91 Å². The second kappa shape index (κ2) is 10.6. The average molecular weight is 462 g/mol. The molecule has 0 saturated carbocycles. The minimum Gasteiger partial charge on any atom is -0.489 e. The monoisotopic (exact) mass is 462 g/mol. The van der Waals surface area contributed by atoms with Gasteiger partial charge in [0, 0.05) is 13.0 Å². The fraction of sp³-hybridized carbons (Fsp3) is 0.192. The molecule has 7 nitrogen and oxygen atoms in total. The van der Waals surface area contributed by atoms with E-state index in [2.05, 4.69) is 5.32 Å². The van der Waals surface area contributed by atoms with Crippen molar-refractivity contribution in [3.63, 3.8) is 0 Å². The largest absolute Gasteiger partial charge is 0.489 e. The first-order valence-electron chi connectivity index (χ1n) is 10.8. The van der Waals surface area contributed by atoms with Crippen molar-refractivity contribution in [1.29, 1.82) is 0 Å². The molecule has 1 fully saturated rings. The summed E-state index contributed by atoms with van der Waals surface area (Å²) in [5, 5.41) is 2.71. The topological polar surface area (TPSA) is 84.9 Å². The molecule has 0 aromatic heterocycles. The van der Waals surface area contributed by atoms with Crippen LogP contribution in [0.3, 0.4) is 0 Å². The van der Waals surface area contributed by atoms with E-state index in [0.717, 1.165) is 12.0 Å². The van der Waals surface area contributed by atoms with Gasteiger partial charge in [-0.2, -0.15) is 0 Å². The highest BCUT2D eigenvalue weighted by Crippen LogP contribution is 2.29. The number of ether oxygens (including phenoxy) is 2. The van der Waals surface area contributed by atoms with Crippen molar-refractivity contribution in [2.45, 2.75) is 19.4 Å². The number of hydrogen-bond acceptors (Lipinski definition) is 5. The molecule has 0 bridgehead atoms. The van der Waals surface area contributed by atoms with Gasteiger partial charge < -0.3 is 19.7 Å². The molecule has 1 saturated heterocycles. The molecule has 8 heteroatoms. The van der Waals surface area contributed by atoms with Crippen LogP contribution in [0.5, 0.6) is 5.75 Å². The smallest absolute Gasteiger partial charge is 0.338 e. The first-order valence-corrected chi connectivity index (χ1v) is 10.8. The van der Waals surface area contributed by atoms with Crippen LogP contribution in [0.4, 0.5) is 15.8 Å². The van der Waals surface area contributed by atoms with Gasteiger partial charge in [-0.15, -0.1) is 0 Å². The van der Waals surface area contributed by atoms with Crippen LogP contribution in [-0.2, 0) is 20.9 Å². The molecule has 0 unspecified atom stereocenters. The maximum atomic E-state index is 13.0. The summed E-state index contributed by atoms with van der Waals surface area (Å²) in [7, 11) is 0. The summed E-state index contributed by atoms with van der Waals surface area (Å²) in [6.45, 7) is 0.322. The average Bonchev–Trinajstić information content (AvgIpc) is 3.28. The van der Waals surface area contributed by atoms with Gasteiger partial charge in [-0.05, 0) is 54.4 Å². The Morgan fingerprint density at radius 1 is 1.00 bits per heavy atom. The third kappa shape index (κ3) is 5.78. The number of esters is 1. The Kier molecular flexibility index (Phi) is 7.17. The van der Waals surface area contributed by atoms with Gasteiger partial charge in [0.1, 0.15) is 18.2 Å². The fourth-order valence-corrected chi connectivity index (χ4v) is 3.58. The lowest BCUT2D eigenvalue weighted by molar-refractivity contribution is -0.119. The summed E-state index contributed by atoms with van der Waals surface area (Å²) in [5.74, 6) is -1.07. The minimum atomic E-state index is -0.676. The Morgan fingerprint density at radius 2 is 1.79 bits per heavy atom. The van der Waals surface area contributed by atoms with Gasteiger partial charge in [0.25, 0.3) is 5.91 Å². The van der Waals surface area contributed by atoms with Crippen molar-refractivity contribution < 1.29 is 28.2 Å². The summed E-state index contributed by atoms with van der Waals surface area (Å²) >= 11 is 0. The predicted octanol–water partition coefficient (Wildman–Crippen LogP) is 4.33. The standard InChI is InChI=1S/C26H23FN2O5/c27-20-12-10-18(11-13-20)16-33-21-6-3-5-19(15-21)26(32)34-17-24(30)28-22-7-1-2-8-23(22)29-14-4-9-25(29)31/h1-3,5-8,10-13,15H,4,9,14,16-17H2,(H,28,30). The van der Waals surface area contributed by atoms with Crippen molar-refractivity contribution in [1.82, 2.24) is 0 Å². The Balaban J connectivity index is 1.32. The van der Waals surface area contributed by atoms with Crippen molar-refractivity contribution in [3.8, 4) is 5.75 Å². The molecular formula is C26H23FN2O5. The Morgan fingerprint density at radius 3 is 2.56 bits per heavy atom. The molecule has 3 aromatic rings. The highest BCUT2D eigenvalue weighted by atomic mass is 19.1. The van der Waals surface area contributed by atoms with E-state index in [0.29, 0.717) is 30.1 Å². The maximum absolute atomic E-state index is 13.0. The lowest BCUT2D eigenvalue weighted by Gasteiger charge is -2.19. The van der Waals surface area contributed by atoms with Gasteiger partial charge in [0.05, 0.1) is 16.9 Å². The molecule has 2 amide bonds. The van der Waals surface area contributed by atoms with Gasteiger partial charge >= 0.3 is 5.97 Å². The number of nitrogens with zero attached hydrogens (tertiary/aromatic N) is 1. The highest BCUT2D eigenvalue weighted by Gasteiger charge is 2.24. The van der Waals surface area contributed by atoms with Crippen LogP contribution in [0, 0.1) is 5.82 Å². The van der Waals surface area contributed by atoms with Crippen molar-refractivity contribution in [3.05, 3.63) is 89.7 Å². The van der Waals surface area contributed by atoms with Crippen LogP contribution in [0.2, 0.25) is 0 Å². The van der Waals surface area contributed by atoms with Crippen molar-refractivity contribution in [2.75, 3.05) is 23.4 Å². The van der Waals surface area contributed by atoms with E-state index in [1.54, 1.807) is 59.5 Å². The second-order valence-electron chi connectivity index (χ2n) is 7.73. The molecule has 1 heterocycles. The highest BCUT2D eigenvalue weighted by molar-refractivity contribution is 6.02. The van der Waals surface area contributed by atoms with E-state index in [9.17, 15) is 18.8 Å². The quantitative estimate of drug-likeness (QED) is 0.504. The van der Waals surface area contributed by atoms with E-state index in [4.69, 9.17) is 9.47 Å². The third-order valence-corrected chi connectivity index (χ3v) is 5.27. The van der Waals surface area contributed by atoms with Crippen LogP contribution in [-0.4, -0.2) is 30.9 Å². The van der Waals surface area contributed by atoms with Crippen molar-refractivity contribution >= 4 is 29.2 Å². The Labute approximate surface area is 196 Å². The zero-order chi connectivity index (χ0) is 23.9. The first kappa shape index (κ1) is 23.0. The first-order chi connectivity index (χ1) is 16.5. The van der Waals surface area contributed by atoms with E-state index in [1.165, 1.54) is 18.2 Å². The predicted molar refractivity (Wildman–Crippen MR) is 124 cm³/mol. The number of halogens is 1. The Bertz CT molecular complexity index is 1200. The van der Waals surface area contributed by atoms with Crippen LogP contribution in [0.1, 0.15) is 28.8 Å². The number of amides is 2. The molecule has 4 rings (SSSR count). The number of hydrogen-bond donors (Lipinski definition) is 1. The van der Waals surface area contributed by atoms with E-state index in [1.807, 2.05) is 0 Å². The normalized spacial score (nSPS) is 13.0. The lowest BCUT2D eigenvalue weighted by atomic mass is 10.2. The number of para-hydroxylation sites is 2. The van der Waals surface area contributed by atoms with E-state index < -0.39 is 18.5 Å². The molecule has 1 N–H and O–H groups in total. The summed E-state index contributed by atoms with van der Waals surface area (Å²) in [5.41, 5.74) is 2.11. The SMILES string of the molecule is O=C(COC(=O)c1cccc(OCc2ccc(F)cc2)c1)Nc1ccccc1N1CCCC1=O. The molecule has 0 atom stereocenters. The van der Waals surface area contributed by atoms with Gasteiger partial charge in [-0.3, -0.25) is 9.59 Å². The van der Waals surface area contributed by atoms with Crippen LogP contribution >= 0.6 is 0 Å². The second-order valence-corrected chi connectivity index (χ2v) is 7.73. The molecular weight excluding hydrogens is 439 g/mol. The molecule has 3 aromatic carbocycles. The molecule has 0 aliphatic carbocycles. The van der Waals surface area contributed by atoms with E-state index >= 15 is 0 Å². The number of benzene rings is 3.